The lowest BCUT2D eigenvalue weighted by molar-refractivity contribution is -0.0556. The molecule has 0 aliphatic carbocycles. The molecule has 0 bridgehead atoms. The third-order valence-electron chi connectivity index (χ3n) is 4.42. The van der Waals surface area contributed by atoms with Crippen molar-refractivity contribution in [3.05, 3.63) is 68.7 Å². The summed E-state index contributed by atoms with van der Waals surface area (Å²) in [6, 6.07) is 6.86. The molecule has 26 heavy (non-hydrogen) atoms. The summed E-state index contributed by atoms with van der Waals surface area (Å²) in [6.07, 6.45) is -3.51. The van der Waals surface area contributed by atoms with E-state index in [1.165, 1.54) is 18.3 Å². The lowest BCUT2D eigenvalue weighted by Crippen LogP contribution is -2.43. The SMILES string of the molecule is O=c1ccn([C@@H]2O[C@H](CO)[C@H](O)[C@@H]2O)c(=O)n1CCc1ccc(F)cc1. The van der Waals surface area contributed by atoms with E-state index in [0.717, 1.165) is 20.8 Å². The second-order valence-corrected chi connectivity index (χ2v) is 6.10. The molecule has 1 saturated heterocycles. The molecule has 0 amide bonds. The molecule has 140 valence electrons. The van der Waals surface area contributed by atoms with Gasteiger partial charge >= 0.3 is 5.69 Å². The molecule has 1 aliphatic rings. The van der Waals surface area contributed by atoms with Gasteiger partial charge in [0.15, 0.2) is 6.23 Å². The van der Waals surface area contributed by atoms with Gasteiger partial charge in [-0.1, -0.05) is 12.1 Å². The number of nitrogens with zero attached hydrogens (tertiary/aromatic N) is 2. The van der Waals surface area contributed by atoms with Crippen molar-refractivity contribution in [3.63, 3.8) is 0 Å². The summed E-state index contributed by atoms with van der Waals surface area (Å²) in [5.74, 6) is -0.377. The van der Waals surface area contributed by atoms with Crippen LogP contribution < -0.4 is 11.2 Å². The third-order valence-corrected chi connectivity index (χ3v) is 4.42. The van der Waals surface area contributed by atoms with E-state index in [-0.39, 0.29) is 12.4 Å². The molecule has 4 atom stereocenters. The Morgan fingerprint density at radius 3 is 2.38 bits per heavy atom. The lowest BCUT2D eigenvalue weighted by Gasteiger charge is -2.18. The highest BCUT2D eigenvalue weighted by Gasteiger charge is 2.43. The molecule has 8 nitrogen and oxygen atoms in total. The van der Waals surface area contributed by atoms with Crippen molar-refractivity contribution in [2.45, 2.75) is 37.5 Å². The van der Waals surface area contributed by atoms with Gasteiger partial charge in [0.1, 0.15) is 24.1 Å². The predicted molar refractivity (Wildman–Crippen MR) is 88.1 cm³/mol. The van der Waals surface area contributed by atoms with Crippen molar-refractivity contribution in [2.75, 3.05) is 6.61 Å². The number of hydrogen-bond donors (Lipinski definition) is 3. The normalized spacial score (nSPS) is 25.5. The molecule has 1 aromatic carbocycles. The van der Waals surface area contributed by atoms with Gasteiger partial charge in [-0.2, -0.15) is 0 Å². The molecule has 9 heteroatoms. The topological polar surface area (TPSA) is 114 Å². The zero-order valence-electron chi connectivity index (χ0n) is 13.7. The van der Waals surface area contributed by atoms with Crippen LogP contribution in [0, 0.1) is 5.82 Å². The Kier molecular flexibility index (Phi) is 5.33. The van der Waals surface area contributed by atoms with Crippen LogP contribution in [0.3, 0.4) is 0 Å². The minimum Gasteiger partial charge on any atom is -0.394 e. The summed E-state index contributed by atoms with van der Waals surface area (Å²) >= 11 is 0. The highest BCUT2D eigenvalue weighted by molar-refractivity contribution is 5.16. The Morgan fingerprint density at radius 1 is 1.08 bits per heavy atom. The summed E-state index contributed by atoms with van der Waals surface area (Å²) in [6.45, 7) is -0.466. The molecule has 0 spiro atoms. The minimum atomic E-state index is -1.42. The molecule has 1 aromatic heterocycles. The van der Waals surface area contributed by atoms with Crippen molar-refractivity contribution < 1.29 is 24.4 Å². The van der Waals surface area contributed by atoms with Gasteiger partial charge in [-0.05, 0) is 24.1 Å². The van der Waals surface area contributed by atoms with Gasteiger partial charge in [-0.3, -0.25) is 13.9 Å². The fourth-order valence-corrected chi connectivity index (χ4v) is 2.93. The molecule has 1 fully saturated rings. The van der Waals surface area contributed by atoms with E-state index in [4.69, 9.17) is 9.84 Å². The minimum absolute atomic E-state index is 0.0545. The van der Waals surface area contributed by atoms with Gasteiger partial charge in [0.2, 0.25) is 0 Å². The fraction of sp³-hybridized carbons (Fsp3) is 0.412. The van der Waals surface area contributed by atoms with E-state index < -0.39 is 42.4 Å². The fourth-order valence-electron chi connectivity index (χ4n) is 2.93. The number of hydrogen-bond acceptors (Lipinski definition) is 6. The van der Waals surface area contributed by atoms with E-state index in [1.54, 1.807) is 12.1 Å². The standard InChI is InChI=1S/C17H19FN2O6/c18-11-3-1-10(2-4-11)5-7-19-13(22)6-8-20(17(19)25)16-15(24)14(23)12(9-21)26-16/h1-4,6,8,12,14-16,21,23-24H,5,7,9H2/t12-,14+,15+,16-/m1/s1. The van der Waals surface area contributed by atoms with Crippen molar-refractivity contribution in [1.29, 1.82) is 0 Å². The second kappa shape index (κ2) is 7.50. The van der Waals surface area contributed by atoms with E-state index >= 15 is 0 Å². The maximum absolute atomic E-state index is 12.9. The van der Waals surface area contributed by atoms with E-state index in [1.807, 2.05) is 0 Å². The van der Waals surface area contributed by atoms with Gasteiger partial charge in [-0.15, -0.1) is 0 Å². The molecular formula is C17H19FN2O6. The molecule has 0 saturated carbocycles. The van der Waals surface area contributed by atoms with Crippen molar-refractivity contribution in [1.82, 2.24) is 9.13 Å². The first-order valence-corrected chi connectivity index (χ1v) is 8.11. The average molecular weight is 366 g/mol. The molecule has 3 rings (SSSR count). The molecule has 0 unspecified atom stereocenters. The molecule has 0 radical (unpaired) electrons. The molecule has 2 heterocycles. The number of aliphatic hydroxyl groups excluding tert-OH is 3. The van der Waals surface area contributed by atoms with Gasteiger partial charge in [0, 0.05) is 18.8 Å². The molecule has 2 aromatic rings. The van der Waals surface area contributed by atoms with Crippen LogP contribution in [-0.4, -0.2) is 49.4 Å². The quantitative estimate of drug-likeness (QED) is 0.626. The Morgan fingerprint density at radius 2 is 1.77 bits per heavy atom. The molecular weight excluding hydrogens is 347 g/mol. The highest BCUT2D eigenvalue weighted by Crippen LogP contribution is 2.27. The summed E-state index contributed by atoms with van der Waals surface area (Å²) in [5, 5.41) is 29.0. The van der Waals surface area contributed by atoms with Gasteiger partial charge in [0.25, 0.3) is 5.56 Å². The number of benzene rings is 1. The average Bonchev–Trinajstić information content (AvgIpc) is 2.91. The maximum Gasteiger partial charge on any atom is 0.333 e. The van der Waals surface area contributed by atoms with E-state index in [2.05, 4.69) is 0 Å². The molecule has 1 aliphatic heterocycles. The summed E-state index contributed by atoms with van der Waals surface area (Å²) < 4.78 is 20.3. The summed E-state index contributed by atoms with van der Waals surface area (Å²) in [5.41, 5.74) is -0.490. The number of rotatable bonds is 5. The summed E-state index contributed by atoms with van der Waals surface area (Å²) in [7, 11) is 0. The molecule has 3 N–H and O–H groups in total. The van der Waals surface area contributed by atoms with E-state index in [9.17, 15) is 24.2 Å². The third kappa shape index (κ3) is 3.47. The highest BCUT2D eigenvalue weighted by atomic mass is 19.1. The van der Waals surface area contributed by atoms with Gasteiger partial charge in [-0.25, -0.2) is 9.18 Å². The maximum atomic E-state index is 12.9. The largest absolute Gasteiger partial charge is 0.394 e. The second-order valence-electron chi connectivity index (χ2n) is 6.10. The lowest BCUT2D eigenvalue weighted by atomic mass is 10.1. The number of aromatic nitrogens is 2. The van der Waals surface area contributed by atoms with Crippen molar-refractivity contribution in [2.24, 2.45) is 0 Å². The van der Waals surface area contributed by atoms with Crippen molar-refractivity contribution in [3.8, 4) is 0 Å². The Labute approximate surface area is 147 Å². The number of halogens is 1. The predicted octanol–water partition coefficient (Wildman–Crippen LogP) is -0.997. The van der Waals surface area contributed by atoms with Gasteiger partial charge < -0.3 is 20.1 Å². The van der Waals surface area contributed by atoms with Crippen LogP contribution >= 0.6 is 0 Å². The van der Waals surface area contributed by atoms with Crippen LogP contribution in [-0.2, 0) is 17.7 Å². The number of ether oxygens (including phenoxy) is 1. The van der Waals surface area contributed by atoms with Crippen LogP contribution in [0.4, 0.5) is 4.39 Å². The zero-order valence-corrected chi connectivity index (χ0v) is 13.7. The zero-order chi connectivity index (χ0) is 18.8. The first-order valence-electron chi connectivity index (χ1n) is 8.11. The Bertz CT molecular complexity index is 878. The van der Waals surface area contributed by atoms with Crippen molar-refractivity contribution >= 4 is 0 Å². The monoisotopic (exact) mass is 366 g/mol. The van der Waals surface area contributed by atoms with Gasteiger partial charge in [0.05, 0.1) is 6.61 Å². The first-order chi connectivity index (χ1) is 12.4. The van der Waals surface area contributed by atoms with Crippen LogP contribution in [0.5, 0.6) is 0 Å². The smallest absolute Gasteiger partial charge is 0.333 e. The number of aliphatic hydroxyl groups is 3. The Balaban J connectivity index is 1.86. The van der Waals surface area contributed by atoms with Crippen LogP contribution in [0.15, 0.2) is 46.1 Å². The summed E-state index contributed by atoms with van der Waals surface area (Å²) in [4.78, 5) is 24.7. The van der Waals surface area contributed by atoms with Crippen LogP contribution in [0.1, 0.15) is 11.8 Å². The first kappa shape index (κ1) is 18.5. The Hall–Kier alpha value is -2.33. The van der Waals surface area contributed by atoms with E-state index in [0.29, 0.717) is 6.42 Å². The van der Waals surface area contributed by atoms with Crippen LogP contribution in [0.25, 0.3) is 0 Å². The number of aryl methyl sites for hydroxylation is 1. The van der Waals surface area contributed by atoms with Crippen LogP contribution in [0.2, 0.25) is 0 Å².